The molecular formula is C16H23Cl2OSi2Ti. The number of para-hydroxylation sites is 1. The topological polar surface area (TPSA) is 9.23 Å². The van der Waals surface area contributed by atoms with Gasteiger partial charge in [-0.15, -0.1) is 6.42 Å². The van der Waals surface area contributed by atoms with Crippen molar-refractivity contribution in [3.8, 4) is 5.75 Å². The first-order valence-corrected chi connectivity index (χ1v) is 13.3. The van der Waals surface area contributed by atoms with E-state index in [1.54, 1.807) is 0 Å². The van der Waals surface area contributed by atoms with Crippen LogP contribution in [-0.2, 0) is 21.7 Å². The Morgan fingerprint density at radius 1 is 1.00 bits per heavy atom. The Balaban J connectivity index is 0. The predicted molar refractivity (Wildman–Crippen MR) is 88.0 cm³/mol. The van der Waals surface area contributed by atoms with Gasteiger partial charge in [-0.25, -0.2) is 11.3 Å². The van der Waals surface area contributed by atoms with E-state index in [0.717, 1.165) is 12.2 Å². The molecule has 0 spiro atoms. The molecule has 0 amide bonds. The van der Waals surface area contributed by atoms with Crippen molar-refractivity contribution in [3.63, 3.8) is 0 Å². The zero-order chi connectivity index (χ0) is 14.1. The number of hydrogen-bond acceptors (Lipinski definition) is 1. The summed E-state index contributed by atoms with van der Waals surface area (Å²) in [6.07, 6.45) is 8.92. The molecule has 1 aliphatic rings. The van der Waals surface area contributed by atoms with Gasteiger partial charge in [0.15, 0.2) is 0 Å². The molecule has 0 heterocycles. The zero-order valence-corrected chi connectivity index (χ0v) is 18.9. The second-order valence-corrected chi connectivity index (χ2v) is 15.3. The maximum atomic E-state index is 6.29. The van der Waals surface area contributed by atoms with Gasteiger partial charge in [0.05, 0.1) is 8.07 Å². The van der Waals surface area contributed by atoms with Gasteiger partial charge in [-0.3, -0.25) is 6.08 Å². The maximum Gasteiger partial charge on any atom is 3.00 e. The van der Waals surface area contributed by atoms with Crippen LogP contribution < -0.4 is 34.4 Å². The summed E-state index contributed by atoms with van der Waals surface area (Å²) in [6, 6.07) is 8.57. The van der Waals surface area contributed by atoms with E-state index in [-0.39, 0.29) is 46.5 Å². The number of rotatable bonds is 4. The van der Waals surface area contributed by atoms with Crippen LogP contribution in [-0.4, -0.2) is 16.4 Å². The summed E-state index contributed by atoms with van der Waals surface area (Å²) in [7, 11) is -3.25. The second-order valence-electron chi connectivity index (χ2n) is 6.53. The van der Waals surface area contributed by atoms with Crippen LogP contribution in [0.5, 0.6) is 5.75 Å². The summed E-state index contributed by atoms with van der Waals surface area (Å²) in [4.78, 5) is 0. The van der Waals surface area contributed by atoms with Gasteiger partial charge < -0.3 is 29.2 Å². The van der Waals surface area contributed by atoms with E-state index < -0.39 is 16.4 Å². The fourth-order valence-corrected chi connectivity index (χ4v) is 5.95. The standard InChI is InChI=1S/C16H23OSi2.2ClH.Ti/c1-18(2,3)17-15-12-8-9-13-16(15)19(4,5)14-10-6-7-11-14;;;/h6,8-10,12-13H,7H2,1-5H3;2*1H;/q-1;;;+3/p-2. The Kier molecular flexibility index (Phi) is 10.6. The zero-order valence-electron chi connectivity index (χ0n) is 13.8. The van der Waals surface area contributed by atoms with E-state index >= 15 is 0 Å². The van der Waals surface area contributed by atoms with Crippen LogP contribution >= 0.6 is 0 Å². The minimum absolute atomic E-state index is 0. The van der Waals surface area contributed by atoms with E-state index in [1.807, 2.05) is 0 Å². The Morgan fingerprint density at radius 3 is 2.09 bits per heavy atom. The molecule has 0 N–H and O–H groups in total. The van der Waals surface area contributed by atoms with Gasteiger partial charge in [-0.1, -0.05) is 31.3 Å². The van der Waals surface area contributed by atoms with Crippen LogP contribution in [0.3, 0.4) is 0 Å². The molecule has 22 heavy (non-hydrogen) atoms. The van der Waals surface area contributed by atoms with Gasteiger partial charge in [0.1, 0.15) is 5.75 Å². The molecule has 1 aromatic rings. The first-order valence-electron chi connectivity index (χ1n) is 6.87. The summed E-state index contributed by atoms with van der Waals surface area (Å²) in [5, 5.41) is 2.80. The van der Waals surface area contributed by atoms with Crippen molar-refractivity contribution >= 4 is 21.6 Å². The summed E-state index contributed by atoms with van der Waals surface area (Å²) < 4.78 is 6.29. The molecule has 1 aromatic carbocycles. The Hall–Kier alpha value is 0.228. The van der Waals surface area contributed by atoms with E-state index in [1.165, 1.54) is 10.4 Å². The minimum Gasteiger partial charge on any atom is -1.00 e. The van der Waals surface area contributed by atoms with Crippen LogP contribution in [0.25, 0.3) is 0 Å². The van der Waals surface area contributed by atoms with Crippen molar-refractivity contribution in [3.05, 3.63) is 47.7 Å². The summed E-state index contributed by atoms with van der Waals surface area (Å²) in [5.74, 6) is 1.09. The number of benzene rings is 1. The normalized spacial score (nSPS) is 13.4. The van der Waals surface area contributed by atoms with Gasteiger partial charge in [-0.2, -0.15) is 6.08 Å². The van der Waals surface area contributed by atoms with Crippen LogP contribution in [0.2, 0.25) is 32.7 Å². The monoisotopic (exact) mass is 405 g/mol. The smallest absolute Gasteiger partial charge is 1.00 e. The molecule has 6 heteroatoms. The van der Waals surface area contributed by atoms with Crippen molar-refractivity contribution in [1.82, 2.24) is 0 Å². The quantitative estimate of drug-likeness (QED) is 0.418. The van der Waals surface area contributed by atoms with Gasteiger partial charge in [0.25, 0.3) is 0 Å². The van der Waals surface area contributed by atoms with E-state index in [9.17, 15) is 0 Å². The molecule has 0 aromatic heterocycles. The predicted octanol–water partition coefficient (Wildman–Crippen LogP) is -1.95. The molecule has 0 fully saturated rings. The van der Waals surface area contributed by atoms with Crippen LogP contribution in [0.15, 0.2) is 41.6 Å². The van der Waals surface area contributed by atoms with Gasteiger partial charge in [0, 0.05) is 0 Å². The Labute approximate surface area is 164 Å². The maximum absolute atomic E-state index is 6.29. The number of hydrogen-bond donors (Lipinski definition) is 0. The van der Waals surface area contributed by atoms with Gasteiger partial charge in [-0.05, 0) is 30.9 Å². The van der Waals surface area contributed by atoms with Crippen molar-refractivity contribution in [2.24, 2.45) is 0 Å². The van der Waals surface area contributed by atoms with Crippen molar-refractivity contribution in [1.29, 1.82) is 0 Å². The van der Waals surface area contributed by atoms with Crippen LogP contribution in [0, 0.1) is 6.08 Å². The molecule has 2 rings (SSSR count). The third kappa shape index (κ3) is 6.03. The van der Waals surface area contributed by atoms with E-state index in [0.29, 0.717) is 0 Å². The molecule has 0 atom stereocenters. The van der Waals surface area contributed by atoms with Gasteiger partial charge >= 0.3 is 21.7 Å². The molecule has 0 saturated heterocycles. The molecular weight excluding hydrogens is 383 g/mol. The molecule has 1 aliphatic carbocycles. The Bertz CT molecular complexity index is 537. The Morgan fingerprint density at radius 2 is 1.59 bits per heavy atom. The molecule has 0 bridgehead atoms. The van der Waals surface area contributed by atoms with E-state index in [2.05, 4.69) is 75.2 Å². The fourth-order valence-electron chi connectivity index (χ4n) is 2.38. The average molecular weight is 406 g/mol. The fraction of sp³-hybridized carbons (Fsp3) is 0.375. The second kappa shape index (κ2) is 9.51. The molecule has 0 saturated carbocycles. The average Bonchev–Trinajstić information content (AvgIpc) is 2.81. The number of allylic oxidation sites excluding steroid dienone is 4. The van der Waals surface area contributed by atoms with Crippen molar-refractivity contribution in [2.75, 3.05) is 0 Å². The SMILES string of the molecule is C[Si](C)(C)Oc1ccccc1[Si](C)(C)C1=[C-]CC=C1.[Cl-].[Cl-].[Ti+3]. The third-order valence-corrected chi connectivity index (χ3v) is 7.63. The van der Waals surface area contributed by atoms with E-state index in [4.69, 9.17) is 4.43 Å². The molecule has 119 valence electrons. The summed E-state index contributed by atoms with van der Waals surface area (Å²) in [5.41, 5.74) is 0. The van der Waals surface area contributed by atoms with Crippen molar-refractivity contribution in [2.45, 2.75) is 39.2 Å². The molecule has 0 aliphatic heterocycles. The summed E-state index contributed by atoms with van der Waals surface area (Å²) in [6.45, 7) is 11.5. The first-order chi connectivity index (χ1) is 8.81. The largest absolute Gasteiger partial charge is 3.00 e. The van der Waals surface area contributed by atoms with Gasteiger partial charge in [0.2, 0.25) is 8.32 Å². The first kappa shape index (κ1) is 24.5. The molecule has 0 unspecified atom stereocenters. The summed E-state index contributed by atoms with van der Waals surface area (Å²) >= 11 is 0. The molecule has 1 nitrogen and oxygen atoms in total. The minimum atomic E-state index is -1.67. The third-order valence-electron chi connectivity index (χ3n) is 3.34. The molecule has 1 radical (unpaired) electrons. The van der Waals surface area contributed by atoms with Crippen molar-refractivity contribution < 1.29 is 51.0 Å². The van der Waals surface area contributed by atoms with Crippen LogP contribution in [0.1, 0.15) is 6.42 Å². The van der Waals surface area contributed by atoms with Crippen LogP contribution in [0.4, 0.5) is 0 Å². The number of halogens is 2.